The third-order valence-corrected chi connectivity index (χ3v) is 4.31. The fourth-order valence-electron chi connectivity index (χ4n) is 1.23. The van der Waals surface area contributed by atoms with E-state index in [0.29, 0.717) is 5.88 Å². The van der Waals surface area contributed by atoms with Crippen LogP contribution in [0, 0.1) is 0 Å². The first-order valence-corrected chi connectivity index (χ1v) is 9.55. The molecule has 2 aromatic rings. The van der Waals surface area contributed by atoms with Gasteiger partial charge >= 0.3 is 29.6 Å². The number of rotatable bonds is 5. The standard InChI is InChI=1S/C7H7BrS.C7H7N3S.CH3F.N3.Na/c8-6-9-7-4-2-1-3-5-7;8-10-9-6-11-7-4-2-1-3-5-7;1-2;1-3-2;/h1-5H,6H2;1-5H,6H2;1H3;;/q;;;-1;+1/i;;1D;;. The van der Waals surface area contributed by atoms with Gasteiger partial charge in [0.2, 0.25) is 0 Å². The molecule has 0 aromatic heterocycles. The maximum atomic E-state index is 9.96. The van der Waals surface area contributed by atoms with Crippen molar-refractivity contribution < 1.29 is 35.3 Å². The Labute approximate surface area is 193 Å². The topological polar surface area (TPSA) is 107 Å². The molecular weight excluding hydrogens is 450 g/mol. The summed E-state index contributed by atoms with van der Waals surface area (Å²) in [5.74, 6) is 0.459. The predicted octanol–water partition coefficient (Wildman–Crippen LogP) is 4.63. The Hall–Kier alpha value is -0.830. The quantitative estimate of drug-likeness (QED) is 0.159. The summed E-state index contributed by atoms with van der Waals surface area (Å²) in [5.41, 5.74) is 21.5. The Bertz CT molecular complexity index is 633. The van der Waals surface area contributed by atoms with E-state index >= 15 is 0 Å². The van der Waals surface area contributed by atoms with E-state index in [1.807, 2.05) is 48.5 Å². The van der Waals surface area contributed by atoms with Gasteiger partial charge in [0.05, 0.1) is 19.1 Å². The molecule has 0 bridgehead atoms. The van der Waals surface area contributed by atoms with Crippen LogP contribution < -0.4 is 29.6 Å². The minimum Gasteiger partial charge on any atom is -0.373 e. The van der Waals surface area contributed by atoms with Crippen LogP contribution >= 0.6 is 39.5 Å². The van der Waals surface area contributed by atoms with Gasteiger partial charge in [0.1, 0.15) is 0 Å². The average molecular weight is 468 g/mol. The summed E-state index contributed by atoms with van der Waals surface area (Å²) >= 11 is 6.67. The molecule has 26 heavy (non-hydrogen) atoms. The van der Waals surface area contributed by atoms with Crippen LogP contribution in [0.4, 0.5) is 4.39 Å². The second-order valence-electron chi connectivity index (χ2n) is 3.47. The summed E-state index contributed by atoms with van der Waals surface area (Å²) in [6, 6.07) is 20.2. The summed E-state index contributed by atoms with van der Waals surface area (Å²) < 4.78 is 16.5. The zero-order chi connectivity index (χ0) is 19.9. The van der Waals surface area contributed by atoms with Crippen molar-refractivity contribution in [1.29, 1.82) is 0 Å². The fourth-order valence-corrected chi connectivity index (χ4v) is 3.10. The number of azide groups is 1. The number of thioether (sulfide) groups is 2. The normalized spacial score (nSPS) is 8.00. The van der Waals surface area contributed by atoms with E-state index in [9.17, 15) is 4.39 Å². The molecule has 0 radical (unpaired) electrons. The van der Waals surface area contributed by atoms with Crippen LogP contribution in [0.1, 0.15) is 1.37 Å². The Morgan fingerprint density at radius 1 is 1.00 bits per heavy atom. The molecule has 2 rings (SSSR count). The van der Waals surface area contributed by atoms with Gasteiger partial charge in [0.25, 0.3) is 0 Å². The minimum absolute atomic E-state index is 0. The average Bonchev–Trinajstić information content (AvgIpc) is 2.66. The third-order valence-electron chi connectivity index (χ3n) is 2.06. The van der Waals surface area contributed by atoms with Gasteiger partial charge in [0, 0.05) is 14.7 Å². The Morgan fingerprint density at radius 2 is 1.38 bits per heavy atom. The van der Waals surface area contributed by atoms with Crippen molar-refractivity contribution in [2.45, 2.75) is 9.79 Å². The molecule has 0 aliphatic heterocycles. The summed E-state index contributed by atoms with van der Waals surface area (Å²) in [4.78, 5) is 6.59. The van der Waals surface area contributed by atoms with Gasteiger partial charge in [-0.1, -0.05) is 57.4 Å². The molecule has 134 valence electrons. The molecule has 0 spiro atoms. The van der Waals surface area contributed by atoms with E-state index in [1.54, 1.807) is 11.8 Å². The molecule has 2 aromatic carbocycles. The molecule has 0 saturated carbocycles. The molecule has 0 amide bonds. The van der Waals surface area contributed by atoms with Crippen molar-refractivity contribution in [3.63, 3.8) is 0 Å². The maximum absolute atomic E-state index is 9.96. The van der Waals surface area contributed by atoms with E-state index in [4.69, 9.17) is 18.0 Å². The molecule has 0 aliphatic rings. The first-order chi connectivity index (χ1) is 12.7. The summed E-state index contributed by atoms with van der Waals surface area (Å²) in [6.07, 6.45) is 0. The largest absolute Gasteiger partial charge is 1.00 e. The SMILES string of the molecule is BrCSc1ccccc1.[2H]CF.[N-]=[N+]=NCSc1ccccc1.[N-]=[N+]=[N-].[Na+]. The number of hydrogen-bond acceptors (Lipinski definition) is 3. The molecule has 0 fully saturated rings. The maximum Gasteiger partial charge on any atom is 1.00 e. The Balaban J connectivity index is -0.000000325. The van der Waals surface area contributed by atoms with E-state index in [-0.39, 0.29) is 29.6 Å². The van der Waals surface area contributed by atoms with Crippen LogP contribution in [-0.2, 0) is 0 Å². The van der Waals surface area contributed by atoms with Gasteiger partial charge in [-0.25, -0.2) is 0 Å². The molecule has 0 atom stereocenters. The van der Waals surface area contributed by atoms with Crippen LogP contribution in [0.3, 0.4) is 0 Å². The predicted molar refractivity (Wildman–Crippen MR) is 110 cm³/mol. The van der Waals surface area contributed by atoms with Gasteiger partial charge < -0.3 is 11.1 Å². The molecule has 11 heteroatoms. The zero-order valence-corrected chi connectivity index (χ0v) is 19.4. The number of benzene rings is 2. The molecule has 0 saturated heterocycles. The third kappa shape index (κ3) is 21.2. The minimum atomic E-state index is -1.00. The van der Waals surface area contributed by atoms with Crippen LogP contribution in [-0.4, -0.2) is 17.7 Å². The van der Waals surface area contributed by atoms with Gasteiger partial charge in [-0.3, -0.25) is 9.30 Å². The van der Waals surface area contributed by atoms with Gasteiger partial charge in [-0.15, -0.1) is 23.5 Å². The molecule has 0 unspecified atom stereocenters. The second-order valence-corrected chi connectivity index (χ2v) is 6.84. The first kappa shape index (κ1) is 27.4. The van der Waals surface area contributed by atoms with E-state index < -0.39 is 7.15 Å². The smallest absolute Gasteiger partial charge is 0.373 e. The number of halogens is 2. The van der Waals surface area contributed by atoms with Crippen LogP contribution in [0.25, 0.3) is 26.4 Å². The molecule has 0 aliphatic carbocycles. The van der Waals surface area contributed by atoms with Crippen molar-refractivity contribution in [3.05, 3.63) is 87.1 Å². The first-order valence-electron chi connectivity index (χ1n) is 7.16. The van der Waals surface area contributed by atoms with E-state index in [0.717, 1.165) is 9.56 Å². The Morgan fingerprint density at radius 3 is 1.73 bits per heavy atom. The second kappa shape index (κ2) is 26.4. The molecule has 0 heterocycles. The summed E-state index contributed by atoms with van der Waals surface area (Å²) in [6.45, 7) is 0. The Kier molecular flexibility index (Phi) is 27.8. The molecular formula is C15H17BrFN6NaS2. The van der Waals surface area contributed by atoms with Gasteiger partial charge in [-0.05, 0) is 29.8 Å². The zero-order valence-electron chi connectivity index (χ0n) is 15.2. The number of alkyl halides is 2. The fraction of sp³-hybridized carbons (Fsp3) is 0.200. The van der Waals surface area contributed by atoms with Gasteiger partial charge in [0.15, 0.2) is 0 Å². The number of hydrogen-bond donors (Lipinski definition) is 0. The van der Waals surface area contributed by atoms with Crippen molar-refractivity contribution in [2.24, 2.45) is 5.11 Å². The van der Waals surface area contributed by atoms with Crippen molar-refractivity contribution in [3.8, 4) is 0 Å². The van der Waals surface area contributed by atoms with Crippen molar-refractivity contribution in [2.75, 3.05) is 17.7 Å². The van der Waals surface area contributed by atoms with E-state index in [1.165, 1.54) is 21.6 Å². The number of nitrogens with zero attached hydrogens (tertiary/aromatic N) is 6. The molecule has 6 nitrogen and oxygen atoms in total. The molecule has 0 N–H and O–H groups in total. The van der Waals surface area contributed by atoms with E-state index in [2.05, 4.69) is 38.1 Å². The summed E-state index contributed by atoms with van der Waals surface area (Å²) in [5, 5.41) is 3.41. The van der Waals surface area contributed by atoms with Crippen molar-refractivity contribution >= 4 is 39.5 Å². The van der Waals surface area contributed by atoms with Crippen molar-refractivity contribution in [1.82, 2.24) is 0 Å². The van der Waals surface area contributed by atoms with Crippen LogP contribution in [0.15, 0.2) is 75.6 Å². The summed E-state index contributed by atoms with van der Waals surface area (Å²) in [7, 11) is -1.00. The van der Waals surface area contributed by atoms with Gasteiger partial charge in [-0.2, -0.15) is 0 Å². The van der Waals surface area contributed by atoms with Crippen LogP contribution in [0.5, 0.6) is 0 Å². The monoisotopic (exact) mass is 467 g/mol. The van der Waals surface area contributed by atoms with Crippen LogP contribution in [0.2, 0.25) is 0 Å².